The van der Waals surface area contributed by atoms with E-state index in [0.29, 0.717) is 5.41 Å². The molecule has 12 heavy (non-hydrogen) atoms. The number of rotatable bonds is 0. The van der Waals surface area contributed by atoms with Crippen molar-refractivity contribution in [3.63, 3.8) is 0 Å². The zero-order valence-corrected chi connectivity index (χ0v) is 8.09. The molecule has 0 saturated heterocycles. The van der Waals surface area contributed by atoms with Gasteiger partial charge in [0.1, 0.15) is 0 Å². The van der Waals surface area contributed by atoms with Crippen molar-refractivity contribution in [2.24, 2.45) is 21.9 Å². The molecule has 0 heterocycles. The van der Waals surface area contributed by atoms with Crippen molar-refractivity contribution in [3.05, 3.63) is 0 Å². The van der Waals surface area contributed by atoms with Crippen LogP contribution in [0.2, 0.25) is 0 Å². The molecule has 0 spiro atoms. The van der Waals surface area contributed by atoms with Gasteiger partial charge in [-0.2, -0.15) is 0 Å². The smallest absolute Gasteiger partial charge is 0.0638 e. The molecule has 0 radical (unpaired) electrons. The molecular weight excluding hydrogens is 150 g/mol. The van der Waals surface area contributed by atoms with E-state index in [1.807, 2.05) is 0 Å². The summed E-state index contributed by atoms with van der Waals surface area (Å²) in [5.41, 5.74) is 1.55. The van der Waals surface area contributed by atoms with Crippen molar-refractivity contribution in [2.75, 3.05) is 0 Å². The van der Waals surface area contributed by atoms with Crippen LogP contribution in [0.25, 0.3) is 0 Å². The summed E-state index contributed by atoms with van der Waals surface area (Å²) < 4.78 is 0. The van der Waals surface area contributed by atoms with E-state index in [-0.39, 0.29) is 5.41 Å². The molecule has 2 fully saturated rings. The first-order chi connectivity index (χ1) is 5.52. The first-order valence-corrected chi connectivity index (χ1v) is 4.74. The van der Waals surface area contributed by atoms with Crippen LogP contribution in [0.5, 0.6) is 0 Å². The van der Waals surface area contributed by atoms with Crippen molar-refractivity contribution in [1.82, 2.24) is 0 Å². The lowest BCUT2D eigenvalue weighted by Gasteiger charge is -2.33. The Kier molecular flexibility index (Phi) is 1.37. The van der Waals surface area contributed by atoms with E-state index < -0.39 is 0 Å². The predicted octanol–water partition coefficient (Wildman–Crippen LogP) is 2.66. The maximum Gasteiger partial charge on any atom is 0.0638 e. The Morgan fingerprint density at radius 3 is 2.33 bits per heavy atom. The van der Waals surface area contributed by atoms with E-state index in [1.54, 1.807) is 0 Å². The van der Waals surface area contributed by atoms with Crippen LogP contribution in [0.4, 0.5) is 0 Å². The van der Waals surface area contributed by atoms with E-state index in [9.17, 15) is 0 Å². The first-order valence-electron chi connectivity index (χ1n) is 4.74. The highest BCUT2D eigenvalue weighted by atomic mass is 16.4. The molecule has 2 saturated carbocycles. The molecule has 2 bridgehead atoms. The van der Waals surface area contributed by atoms with Crippen LogP contribution in [0.1, 0.15) is 40.0 Å². The van der Waals surface area contributed by atoms with E-state index >= 15 is 0 Å². The molecule has 2 atom stereocenters. The number of nitrogens with zero attached hydrogens (tertiary/aromatic N) is 1. The highest BCUT2D eigenvalue weighted by Crippen LogP contribution is 2.63. The summed E-state index contributed by atoms with van der Waals surface area (Å²) in [5.74, 6) is 0.744. The van der Waals surface area contributed by atoms with Crippen molar-refractivity contribution < 1.29 is 5.21 Å². The minimum atomic E-state index is 0.173. The van der Waals surface area contributed by atoms with Gasteiger partial charge in [-0.05, 0) is 30.6 Å². The summed E-state index contributed by atoms with van der Waals surface area (Å²) in [6, 6.07) is 0. The molecule has 2 heteroatoms. The van der Waals surface area contributed by atoms with Gasteiger partial charge in [-0.15, -0.1) is 0 Å². The maximum absolute atomic E-state index is 8.87. The second kappa shape index (κ2) is 2.04. The number of hydrogen-bond acceptors (Lipinski definition) is 2. The van der Waals surface area contributed by atoms with Crippen LogP contribution >= 0.6 is 0 Å². The van der Waals surface area contributed by atoms with Crippen LogP contribution in [0.3, 0.4) is 0 Å². The number of hydrogen-bond donors (Lipinski definition) is 1. The summed E-state index contributed by atoms with van der Waals surface area (Å²) in [6.07, 6.45) is 3.52. The molecule has 0 unspecified atom stereocenters. The van der Waals surface area contributed by atoms with E-state index in [4.69, 9.17) is 5.21 Å². The fraction of sp³-hybridized carbons (Fsp3) is 0.900. The number of oxime groups is 1. The molecule has 2 nitrogen and oxygen atoms in total. The highest BCUT2D eigenvalue weighted by Gasteiger charge is 2.60. The van der Waals surface area contributed by atoms with E-state index in [2.05, 4.69) is 25.9 Å². The third-order valence-corrected chi connectivity index (χ3v) is 4.63. The highest BCUT2D eigenvalue weighted by molar-refractivity contribution is 5.93. The summed E-state index contributed by atoms with van der Waals surface area (Å²) in [6.45, 7) is 6.86. The van der Waals surface area contributed by atoms with Gasteiger partial charge in [-0.1, -0.05) is 25.9 Å². The van der Waals surface area contributed by atoms with Crippen molar-refractivity contribution in [2.45, 2.75) is 40.0 Å². The molecule has 0 aromatic rings. The van der Waals surface area contributed by atoms with Gasteiger partial charge in [-0.3, -0.25) is 0 Å². The number of fused-ring (bicyclic) bond motifs is 2. The van der Waals surface area contributed by atoms with Gasteiger partial charge in [0.15, 0.2) is 0 Å². The second-order valence-corrected chi connectivity index (χ2v) is 5.04. The van der Waals surface area contributed by atoms with E-state index in [1.165, 1.54) is 12.8 Å². The van der Waals surface area contributed by atoms with Crippen molar-refractivity contribution in [3.8, 4) is 0 Å². The lowest BCUT2D eigenvalue weighted by molar-refractivity contribution is 0.190. The van der Waals surface area contributed by atoms with Crippen molar-refractivity contribution >= 4 is 5.71 Å². The molecule has 2 aliphatic carbocycles. The maximum atomic E-state index is 8.87. The Balaban J connectivity index is 2.46. The largest absolute Gasteiger partial charge is 0.411 e. The third kappa shape index (κ3) is 0.644. The molecule has 2 aliphatic rings. The normalized spacial score (nSPS) is 47.2. The fourth-order valence-corrected chi connectivity index (χ4v) is 3.08. The van der Waals surface area contributed by atoms with Gasteiger partial charge < -0.3 is 5.21 Å². The molecule has 2 rings (SSSR count). The first kappa shape index (κ1) is 8.09. The summed E-state index contributed by atoms with van der Waals surface area (Å²) in [5, 5.41) is 12.3. The molecule has 1 N–H and O–H groups in total. The molecule has 0 aromatic heterocycles. The summed E-state index contributed by atoms with van der Waals surface area (Å²) >= 11 is 0. The monoisotopic (exact) mass is 167 g/mol. The molecule has 0 amide bonds. The minimum absolute atomic E-state index is 0.173. The Bertz CT molecular complexity index is 244. The van der Waals surface area contributed by atoms with Gasteiger partial charge in [0.05, 0.1) is 5.71 Å². The van der Waals surface area contributed by atoms with Crippen LogP contribution in [-0.4, -0.2) is 10.9 Å². The third-order valence-electron chi connectivity index (χ3n) is 4.63. The fourth-order valence-electron chi connectivity index (χ4n) is 3.08. The Morgan fingerprint density at radius 1 is 1.42 bits per heavy atom. The molecule has 68 valence electrons. The topological polar surface area (TPSA) is 32.6 Å². The average Bonchev–Trinajstić information content (AvgIpc) is 2.34. The van der Waals surface area contributed by atoms with Gasteiger partial charge in [0, 0.05) is 5.41 Å². The summed E-state index contributed by atoms with van der Waals surface area (Å²) in [7, 11) is 0. The second-order valence-electron chi connectivity index (χ2n) is 5.04. The summed E-state index contributed by atoms with van der Waals surface area (Å²) in [4.78, 5) is 0. The van der Waals surface area contributed by atoms with Gasteiger partial charge in [0.25, 0.3) is 0 Å². The molecule has 0 aliphatic heterocycles. The molecular formula is C10H17NO. The molecule has 0 aromatic carbocycles. The lowest BCUT2D eigenvalue weighted by Crippen LogP contribution is -2.32. The van der Waals surface area contributed by atoms with Crippen LogP contribution in [-0.2, 0) is 0 Å². The van der Waals surface area contributed by atoms with E-state index in [0.717, 1.165) is 18.1 Å². The zero-order chi connectivity index (χ0) is 8.98. The standard InChI is InChI=1S/C10H17NO/c1-9(2)7-4-5-10(9,3)8(6-7)11-12/h7,12H,4-6H2,1-3H3/b11-8+/t7-,10-/m0/s1. The Labute approximate surface area is 73.7 Å². The predicted molar refractivity (Wildman–Crippen MR) is 48.5 cm³/mol. The van der Waals surface area contributed by atoms with Gasteiger partial charge >= 0.3 is 0 Å². The minimum Gasteiger partial charge on any atom is -0.411 e. The SMILES string of the molecule is CC1(C)[C@H]2CC[C@@]1(C)/C(=N/O)C2. The van der Waals surface area contributed by atoms with Gasteiger partial charge in [-0.25, -0.2) is 0 Å². The zero-order valence-electron chi connectivity index (χ0n) is 8.09. The van der Waals surface area contributed by atoms with Crippen LogP contribution < -0.4 is 0 Å². The lowest BCUT2D eigenvalue weighted by atomic mass is 9.70. The van der Waals surface area contributed by atoms with Crippen LogP contribution in [0.15, 0.2) is 5.16 Å². The average molecular weight is 167 g/mol. The Morgan fingerprint density at radius 2 is 2.08 bits per heavy atom. The quantitative estimate of drug-likeness (QED) is 0.436. The Hall–Kier alpha value is -0.530. The van der Waals surface area contributed by atoms with Crippen LogP contribution in [0, 0.1) is 16.7 Å². The van der Waals surface area contributed by atoms with Crippen molar-refractivity contribution in [1.29, 1.82) is 0 Å². The van der Waals surface area contributed by atoms with Gasteiger partial charge in [0.2, 0.25) is 0 Å².